The number of aliphatic hydroxyl groups is 1. The molecule has 4 heteroatoms. The van der Waals surface area contributed by atoms with Crippen LogP contribution in [0, 0.1) is 0 Å². The van der Waals surface area contributed by atoms with Crippen molar-refractivity contribution in [3.63, 3.8) is 0 Å². The lowest BCUT2D eigenvalue weighted by atomic mass is 10.2. The van der Waals surface area contributed by atoms with Gasteiger partial charge in [0, 0.05) is 19.1 Å². The molecule has 0 heterocycles. The summed E-state index contributed by atoms with van der Waals surface area (Å²) in [5.41, 5.74) is 6.37. The molecule has 0 fully saturated rings. The quantitative estimate of drug-likeness (QED) is 0.572. The highest BCUT2D eigenvalue weighted by Crippen LogP contribution is 2.27. The molecule has 0 atom stereocenters. The molecular formula is C12H19NO3. The Morgan fingerprint density at radius 1 is 1.38 bits per heavy atom. The van der Waals surface area contributed by atoms with Crippen molar-refractivity contribution in [1.29, 1.82) is 0 Å². The number of hydrogen-bond acceptors (Lipinski definition) is 4. The first-order chi connectivity index (χ1) is 7.63. The molecule has 0 aromatic heterocycles. The fourth-order valence-corrected chi connectivity index (χ4v) is 1.22. The number of anilines is 1. The Morgan fingerprint density at radius 2 is 2.12 bits per heavy atom. The zero-order chi connectivity index (χ0) is 12.0. The van der Waals surface area contributed by atoms with Crippen molar-refractivity contribution in [2.24, 2.45) is 0 Å². The number of hydrogen-bond donors (Lipinski definition) is 2. The molecule has 90 valence electrons. The Kier molecular flexibility index (Phi) is 4.92. The van der Waals surface area contributed by atoms with Crippen molar-refractivity contribution in [3.8, 4) is 11.5 Å². The lowest BCUT2D eigenvalue weighted by molar-refractivity contribution is 0.228. The molecule has 4 nitrogen and oxygen atoms in total. The number of ether oxygens (including phenoxy) is 2. The minimum atomic E-state index is 0.0787. The molecule has 0 unspecified atom stereocenters. The number of nitrogens with two attached hydrogens (primary N) is 1. The molecule has 1 aromatic rings. The molecule has 0 spiro atoms. The van der Waals surface area contributed by atoms with Gasteiger partial charge in [-0.2, -0.15) is 0 Å². The summed E-state index contributed by atoms with van der Waals surface area (Å²) in [6.07, 6.45) is 0.695. The first-order valence-electron chi connectivity index (χ1n) is 5.43. The SMILES string of the molecule is CC(C)Oc1cc(OCCCO)ccc1N. The standard InChI is InChI=1S/C12H19NO3/c1-9(2)16-12-8-10(4-5-11(12)13)15-7-3-6-14/h4-5,8-9,14H,3,6-7,13H2,1-2H3. The van der Waals surface area contributed by atoms with Gasteiger partial charge in [-0.15, -0.1) is 0 Å². The van der Waals surface area contributed by atoms with E-state index in [1.807, 2.05) is 13.8 Å². The summed E-state index contributed by atoms with van der Waals surface area (Å²) >= 11 is 0. The zero-order valence-corrected chi connectivity index (χ0v) is 9.77. The molecule has 0 amide bonds. The Balaban J connectivity index is 2.65. The largest absolute Gasteiger partial charge is 0.493 e. The van der Waals surface area contributed by atoms with E-state index in [0.717, 1.165) is 0 Å². The van der Waals surface area contributed by atoms with Crippen molar-refractivity contribution >= 4 is 5.69 Å². The Bertz CT molecular complexity index is 326. The third-order valence-electron chi connectivity index (χ3n) is 1.92. The summed E-state index contributed by atoms with van der Waals surface area (Å²) in [4.78, 5) is 0. The second kappa shape index (κ2) is 6.23. The van der Waals surface area contributed by atoms with Gasteiger partial charge in [-0.05, 0) is 26.0 Å². The van der Waals surface area contributed by atoms with Crippen molar-refractivity contribution in [1.82, 2.24) is 0 Å². The third kappa shape index (κ3) is 3.98. The summed E-state index contributed by atoms with van der Waals surface area (Å²) in [7, 11) is 0. The van der Waals surface area contributed by atoms with Gasteiger partial charge < -0.3 is 20.3 Å². The Labute approximate surface area is 96.0 Å². The monoisotopic (exact) mass is 225 g/mol. The van der Waals surface area contributed by atoms with Crippen LogP contribution in [0.1, 0.15) is 20.3 Å². The number of nitrogen functional groups attached to an aromatic ring is 1. The van der Waals surface area contributed by atoms with Crippen LogP contribution in [0.5, 0.6) is 11.5 Å². The van der Waals surface area contributed by atoms with Crippen LogP contribution in [0.15, 0.2) is 18.2 Å². The van der Waals surface area contributed by atoms with Gasteiger partial charge in [0.1, 0.15) is 11.5 Å². The average Bonchev–Trinajstić information content (AvgIpc) is 2.22. The summed E-state index contributed by atoms with van der Waals surface area (Å²) in [6.45, 7) is 4.50. The van der Waals surface area contributed by atoms with Crippen LogP contribution in [0.3, 0.4) is 0 Å². The van der Waals surface area contributed by atoms with Crippen LogP contribution in [0.4, 0.5) is 5.69 Å². The molecule has 16 heavy (non-hydrogen) atoms. The normalized spacial score (nSPS) is 10.5. The van der Waals surface area contributed by atoms with E-state index in [-0.39, 0.29) is 12.7 Å². The van der Waals surface area contributed by atoms with Crippen LogP contribution in [-0.4, -0.2) is 24.4 Å². The van der Waals surface area contributed by atoms with Crippen LogP contribution in [0.25, 0.3) is 0 Å². The molecule has 0 aliphatic carbocycles. The van der Waals surface area contributed by atoms with Crippen LogP contribution in [0.2, 0.25) is 0 Å². The predicted octanol–water partition coefficient (Wildman–Crippen LogP) is 1.82. The molecule has 0 bridgehead atoms. The van der Waals surface area contributed by atoms with Crippen LogP contribution >= 0.6 is 0 Å². The lowest BCUT2D eigenvalue weighted by Gasteiger charge is -2.13. The first kappa shape index (κ1) is 12.6. The molecule has 0 aliphatic rings. The van der Waals surface area contributed by atoms with Crippen molar-refractivity contribution < 1.29 is 14.6 Å². The number of benzene rings is 1. The minimum Gasteiger partial charge on any atom is -0.493 e. The predicted molar refractivity (Wildman–Crippen MR) is 63.8 cm³/mol. The van der Waals surface area contributed by atoms with E-state index in [4.69, 9.17) is 20.3 Å². The van der Waals surface area contributed by atoms with E-state index >= 15 is 0 Å². The lowest BCUT2D eigenvalue weighted by Crippen LogP contribution is -2.08. The second-order valence-electron chi connectivity index (χ2n) is 3.79. The second-order valence-corrected chi connectivity index (χ2v) is 3.79. The summed E-state index contributed by atoms with van der Waals surface area (Å²) in [6, 6.07) is 5.32. The van der Waals surface area contributed by atoms with Gasteiger partial charge in [-0.1, -0.05) is 0 Å². The molecule has 1 rings (SSSR count). The van der Waals surface area contributed by atoms with Crippen molar-refractivity contribution in [2.45, 2.75) is 26.4 Å². The highest BCUT2D eigenvalue weighted by atomic mass is 16.5. The number of rotatable bonds is 6. The number of aliphatic hydroxyl groups excluding tert-OH is 1. The zero-order valence-electron chi connectivity index (χ0n) is 9.77. The van der Waals surface area contributed by atoms with Crippen molar-refractivity contribution in [2.75, 3.05) is 18.9 Å². The maximum Gasteiger partial charge on any atom is 0.146 e. The molecular weight excluding hydrogens is 206 g/mol. The molecule has 0 aliphatic heterocycles. The fraction of sp³-hybridized carbons (Fsp3) is 0.500. The topological polar surface area (TPSA) is 64.7 Å². The van der Waals surface area contributed by atoms with E-state index in [1.54, 1.807) is 18.2 Å². The van der Waals surface area contributed by atoms with Gasteiger partial charge in [0.2, 0.25) is 0 Å². The van der Waals surface area contributed by atoms with E-state index in [1.165, 1.54) is 0 Å². The van der Waals surface area contributed by atoms with Crippen LogP contribution in [-0.2, 0) is 0 Å². The molecule has 0 radical (unpaired) electrons. The van der Waals surface area contributed by atoms with E-state index in [2.05, 4.69) is 0 Å². The first-order valence-corrected chi connectivity index (χ1v) is 5.43. The minimum absolute atomic E-state index is 0.0787. The molecule has 0 saturated carbocycles. The Morgan fingerprint density at radius 3 is 2.75 bits per heavy atom. The van der Waals surface area contributed by atoms with Gasteiger partial charge in [0.25, 0.3) is 0 Å². The van der Waals surface area contributed by atoms with Crippen molar-refractivity contribution in [3.05, 3.63) is 18.2 Å². The summed E-state index contributed by atoms with van der Waals surface area (Å²) in [5, 5.41) is 8.64. The van der Waals surface area contributed by atoms with E-state index in [9.17, 15) is 0 Å². The smallest absolute Gasteiger partial charge is 0.146 e. The fourth-order valence-electron chi connectivity index (χ4n) is 1.22. The van der Waals surface area contributed by atoms with Gasteiger partial charge in [-0.25, -0.2) is 0 Å². The third-order valence-corrected chi connectivity index (χ3v) is 1.92. The molecule has 1 aromatic carbocycles. The Hall–Kier alpha value is -1.42. The molecule has 0 saturated heterocycles. The van der Waals surface area contributed by atoms with Gasteiger partial charge >= 0.3 is 0 Å². The van der Waals surface area contributed by atoms with Gasteiger partial charge in [0.15, 0.2) is 0 Å². The van der Waals surface area contributed by atoms with Crippen LogP contribution < -0.4 is 15.2 Å². The van der Waals surface area contributed by atoms with E-state index in [0.29, 0.717) is 30.2 Å². The maximum atomic E-state index is 8.64. The highest BCUT2D eigenvalue weighted by Gasteiger charge is 2.05. The highest BCUT2D eigenvalue weighted by molar-refractivity contribution is 5.55. The summed E-state index contributed by atoms with van der Waals surface area (Å²) < 4.78 is 11.0. The molecule has 3 N–H and O–H groups in total. The average molecular weight is 225 g/mol. The van der Waals surface area contributed by atoms with Gasteiger partial charge in [0.05, 0.1) is 18.4 Å². The van der Waals surface area contributed by atoms with E-state index < -0.39 is 0 Å². The summed E-state index contributed by atoms with van der Waals surface area (Å²) in [5.74, 6) is 1.34. The van der Waals surface area contributed by atoms with Gasteiger partial charge in [-0.3, -0.25) is 0 Å². The maximum absolute atomic E-state index is 8.64.